The van der Waals surface area contributed by atoms with Crippen LogP contribution in [0.5, 0.6) is 5.75 Å². The number of amides is 1. The molecule has 38 heavy (non-hydrogen) atoms. The third-order valence-corrected chi connectivity index (χ3v) is 8.16. The Kier molecular flexibility index (Phi) is 6.73. The fraction of sp³-hybridized carbons (Fsp3) is 0.571. The van der Waals surface area contributed by atoms with Crippen LogP contribution in [-0.4, -0.2) is 75.7 Å². The molecule has 3 aliphatic carbocycles. The number of aliphatic hydroxyl groups is 1. The van der Waals surface area contributed by atoms with E-state index in [0.29, 0.717) is 17.5 Å². The number of carbonyl (C=O) groups excluding carboxylic acids is 6. The summed E-state index contributed by atoms with van der Waals surface area (Å²) in [6, 6.07) is 1.74. The molecule has 10 nitrogen and oxygen atoms in total. The van der Waals surface area contributed by atoms with E-state index in [1.165, 1.54) is 25.1 Å². The molecule has 6 unspecified atom stereocenters. The van der Waals surface area contributed by atoms with Gasteiger partial charge in [0.25, 0.3) is 0 Å². The second-order valence-corrected chi connectivity index (χ2v) is 12.3. The number of rotatable bonds is 5. The van der Waals surface area contributed by atoms with Gasteiger partial charge in [-0.2, -0.15) is 0 Å². The summed E-state index contributed by atoms with van der Waals surface area (Å²) in [5.74, 6) is -10.9. The second kappa shape index (κ2) is 9.20. The smallest absolute Gasteiger partial charge is 0.235 e. The van der Waals surface area contributed by atoms with Gasteiger partial charge in [0.2, 0.25) is 5.91 Å². The van der Waals surface area contributed by atoms with Gasteiger partial charge in [-0.15, -0.1) is 0 Å². The van der Waals surface area contributed by atoms with E-state index in [0.717, 1.165) is 0 Å². The zero-order valence-corrected chi connectivity index (χ0v) is 22.2. The standard InChI is InChI=1S/C28H34N2O8/c1-27(2,3)11-14(31)8-12-6-7-17(32)19-15(12)9-13-10-16-21(30(4)5)23(34)20(26(29)37)25(36)28(16,38)24(35)18(13)22(19)33/h6-7,13,16,18,20-21,32,38H,8-11H2,1-5H3,(H2,29,37). The predicted molar refractivity (Wildman–Crippen MR) is 134 cm³/mol. The monoisotopic (exact) mass is 526 g/mol. The summed E-state index contributed by atoms with van der Waals surface area (Å²) >= 11 is 0. The number of aromatic hydroxyl groups is 1. The summed E-state index contributed by atoms with van der Waals surface area (Å²) in [4.78, 5) is 80.2. The van der Waals surface area contributed by atoms with Gasteiger partial charge in [0.15, 0.2) is 34.7 Å². The number of phenolic OH excluding ortho intramolecular Hbond substituents is 1. The van der Waals surface area contributed by atoms with E-state index in [4.69, 9.17) is 5.73 Å². The molecule has 1 amide bonds. The van der Waals surface area contributed by atoms with Crippen LogP contribution in [0.3, 0.4) is 0 Å². The fourth-order valence-corrected chi connectivity index (χ4v) is 6.70. The number of nitrogens with two attached hydrogens (primary N) is 1. The highest BCUT2D eigenvalue weighted by Crippen LogP contribution is 2.51. The number of primary amides is 1. The van der Waals surface area contributed by atoms with Crippen LogP contribution in [-0.2, 0) is 36.8 Å². The van der Waals surface area contributed by atoms with E-state index in [1.807, 2.05) is 20.8 Å². The second-order valence-electron chi connectivity index (χ2n) is 12.3. The molecular formula is C28H34N2O8. The average molecular weight is 527 g/mol. The Labute approximate surface area is 220 Å². The van der Waals surface area contributed by atoms with Crippen molar-refractivity contribution in [1.82, 2.24) is 4.90 Å². The lowest BCUT2D eigenvalue weighted by Crippen LogP contribution is -2.74. The quantitative estimate of drug-likeness (QED) is 0.460. The maximum atomic E-state index is 13.8. The molecule has 0 aliphatic heterocycles. The van der Waals surface area contributed by atoms with Gasteiger partial charge in [-0.05, 0) is 55.5 Å². The Morgan fingerprint density at radius 1 is 1.11 bits per heavy atom. The molecule has 1 aromatic rings. The number of likely N-dealkylation sites (N-methyl/N-ethyl adjacent to an activating group) is 1. The third-order valence-electron chi connectivity index (χ3n) is 8.16. The largest absolute Gasteiger partial charge is 0.507 e. The first kappa shape index (κ1) is 27.8. The predicted octanol–water partition coefficient (Wildman–Crippen LogP) is 0.415. The summed E-state index contributed by atoms with van der Waals surface area (Å²) in [6.07, 6.45) is 0.461. The van der Waals surface area contributed by atoms with Crippen LogP contribution >= 0.6 is 0 Å². The zero-order chi connectivity index (χ0) is 28.5. The number of phenols is 1. The van der Waals surface area contributed by atoms with Gasteiger partial charge in [0.05, 0.1) is 17.5 Å². The minimum Gasteiger partial charge on any atom is -0.507 e. The SMILES string of the molecule is CN(C)C1C(=O)C(C(N)=O)C(=O)C2(O)C(=O)C3C(=O)c4c(O)ccc(CC(=O)CC(C)(C)C)c4CC3CC12. The van der Waals surface area contributed by atoms with Crippen LogP contribution in [0.15, 0.2) is 12.1 Å². The Bertz CT molecular complexity index is 1280. The van der Waals surface area contributed by atoms with Gasteiger partial charge in [-0.1, -0.05) is 26.8 Å². The average Bonchev–Trinajstić information content (AvgIpc) is 2.76. The van der Waals surface area contributed by atoms with Gasteiger partial charge >= 0.3 is 0 Å². The summed E-state index contributed by atoms with van der Waals surface area (Å²) in [6.45, 7) is 5.82. The lowest BCUT2D eigenvalue weighted by atomic mass is 9.52. The number of benzene rings is 1. The number of Topliss-reactive ketones (excluding diaryl/α,β-unsaturated/α-hetero) is 5. The Morgan fingerprint density at radius 2 is 1.74 bits per heavy atom. The first-order valence-corrected chi connectivity index (χ1v) is 12.7. The van der Waals surface area contributed by atoms with Gasteiger partial charge in [0.1, 0.15) is 11.5 Å². The van der Waals surface area contributed by atoms with Crippen LogP contribution in [0.1, 0.15) is 55.1 Å². The maximum absolute atomic E-state index is 13.8. The highest BCUT2D eigenvalue weighted by atomic mass is 16.3. The van der Waals surface area contributed by atoms with Crippen LogP contribution in [0.2, 0.25) is 0 Å². The third kappa shape index (κ3) is 4.19. The van der Waals surface area contributed by atoms with Crippen LogP contribution < -0.4 is 5.73 Å². The number of fused-ring (bicyclic) bond motifs is 3. The molecule has 10 heteroatoms. The van der Waals surface area contributed by atoms with Crippen LogP contribution in [0.25, 0.3) is 0 Å². The summed E-state index contributed by atoms with van der Waals surface area (Å²) in [5.41, 5.74) is 3.26. The number of hydrogen-bond acceptors (Lipinski definition) is 9. The van der Waals surface area contributed by atoms with E-state index in [9.17, 15) is 39.0 Å². The molecule has 0 aromatic heterocycles. The van der Waals surface area contributed by atoms with Crippen molar-refractivity contribution >= 4 is 34.8 Å². The van der Waals surface area contributed by atoms with E-state index in [2.05, 4.69) is 0 Å². The molecule has 0 saturated heterocycles. The minimum atomic E-state index is -2.76. The van der Waals surface area contributed by atoms with Crippen molar-refractivity contribution in [2.45, 2.75) is 58.1 Å². The molecule has 4 N–H and O–H groups in total. The first-order chi connectivity index (χ1) is 17.5. The van der Waals surface area contributed by atoms with Crippen LogP contribution in [0.4, 0.5) is 0 Å². The van der Waals surface area contributed by atoms with Gasteiger partial charge in [0, 0.05) is 18.8 Å². The normalized spacial score (nSPS) is 31.1. The highest BCUT2D eigenvalue weighted by molar-refractivity contribution is 6.32. The van der Waals surface area contributed by atoms with E-state index >= 15 is 0 Å². The van der Waals surface area contributed by atoms with Crippen LogP contribution in [0, 0.1) is 29.1 Å². The molecule has 0 radical (unpaired) electrons. The van der Waals surface area contributed by atoms with Crippen molar-refractivity contribution in [3.8, 4) is 5.75 Å². The molecule has 4 rings (SSSR count). The number of nitrogens with zero attached hydrogens (tertiary/aromatic N) is 1. The lowest BCUT2D eigenvalue weighted by molar-refractivity contribution is -0.181. The molecule has 204 valence electrons. The topological polar surface area (TPSA) is 172 Å². The van der Waals surface area contributed by atoms with E-state index < -0.39 is 64.4 Å². The lowest BCUT2D eigenvalue weighted by Gasteiger charge is -2.52. The van der Waals surface area contributed by atoms with Crippen molar-refractivity contribution in [2.75, 3.05) is 14.1 Å². The summed E-state index contributed by atoms with van der Waals surface area (Å²) in [5, 5.41) is 22.2. The van der Waals surface area contributed by atoms with Crippen molar-refractivity contribution in [2.24, 2.45) is 34.8 Å². The molecule has 1 aromatic carbocycles. The number of carbonyl (C=O) groups is 6. The maximum Gasteiger partial charge on any atom is 0.235 e. The van der Waals surface area contributed by atoms with Gasteiger partial charge < -0.3 is 15.9 Å². The molecule has 6 atom stereocenters. The first-order valence-electron chi connectivity index (χ1n) is 12.7. The molecule has 0 spiro atoms. The van der Waals surface area contributed by atoms with Crippen molar-refractivity contribution in [1.29, 1.82) is 0 Å². The molecular weight excluding hydrogens is 492 g/mol. The van der Waals surface area contributed by atoms with Crippen molar-refractivity contribution < 1.29 is 39.0 Å². The molecule has 2 fully saturated rings. The summed E-state index contributed by atoms with van der Waals surface area (Å²) in [7, 11) is 3.07. The van der Waals surface area contributed by atoms with Crippen molar-refractivity contribution in [3.63, 3.8) is 0 Å². The Balaban J connectivity index is 1.80. The van der Waals surface area contributed by atoms with Gasteiger partial charge in [-0.3, -0.25) is 33.7 Å². The number of ketones is 5. The molecule has 0 heterocycles. The fourth-order valence-electron chi connectivity index (χ4n) is 6.70. The number of hydrogen-bond donors (Lipinski definition) is 3. The minimum absolute atomic E-state index is 0.0328. The Morgan fingerprint density at radius 3 is 2.29 bits per heavy atom. The van der Waals surface area contributed by atoms with Crippen molar-refractivity contribution in [3.05, 3.63) is 28.8 Å². The highest BCUT2D eigenvalue weighted by Gasteiger charge is 2.69. The molecule has 0 bridgehead atoms. The van der Waals surface area contributed by atoms with Gasteiger partial charge in [-0.25, -0.2) is 0 Å². The van der Waals surface area contributed by atoms with E-state index in [-0.39, 0.29) is 41.8 Å². The summed E-state index contributed by atoms with van der Waals surface area (Å²) < 4.78 is 0. The zero-order valence-electron chi connectivity index (χ0n) is 22.2. The van der Waals surface area contributed by atoms with E-state index in [1.54, 1.807) is 6.07 Å². The molecule has 2 saturated carbocycles. The Hall–Kier alpha value is -3.24. The molecule has 3 aliphatic rings.